The number of carbonyl (C=O) groups excluding carboxylic acids is 2. The molecular formula is C25H28O10. The highest BCUT2D eigenvalue weighted by molar-refractivity contribution is 5.87. The molecule has 35 heavy (non-hydrogen) atoms. The molecule has 2 unspecified atom stereocenters. The van der Waals surface area contributed by atoms with Crippen molar-refractivity contribution in [1.29, 1.82) is 0 Å². The van der Waals surface area contributed by atoms with Gasteiger partial charge in [0.1, 0.15) is 23.0 Å². The monoisotopic (exact) mass is 488 g/mol. The van der Waals surface area contributed by atoms with Gasteiger partial charge in [0.2, 0.25) is 0 Å². The Kier molecular flexibility index (Phi) is 6.26. The Morgan fingerprint density at radius 2 is 1.09 bits per heavy atom. The second-order valence-corrected chi connectivity index (χ2v) is 9.11. The lowest BCUT2D eigenvalue weighted by Gasteiger charge is -2.36. The third kappa shape index (κ3) is 3.92. The second-order valence-electron chi connectivity index (χ2n) is 9.11. The van der Waals surface area contributed by atoms with E-state index < -0.39 is 23.1 Å². The first-order chi connectivity index (χ1) is 16.5. The number of rotatable bonds is 6. The minimum Gasteiger partial charge on any atom is -0.507 e. The summed E-state index contributed by atoms with van der Waals surface area (Å²) in [6.45, 7) is 3.16. The largest absolute Gasteiger partial charge is 0.507 e. The highest BCUT2D eigenvalue weighted by Crippen LogP contribution is 2.48. The zero-order valence-electron chi connectivity index (χ0n) is 19.9. The first kappa shape index (κ1) is 24.9. The SMILES string of the molecule is COC1(C)Cc2c(C=O)c(O)c(Cc3c(O)c(C=O)c4c(c3O)COC(C)(OC)C4)c(O)c2CO1. The molecule has 0 saturated heterocycles. The number of aldehydes is 2. The van der Waals surface area contributed by atoms with Crippen LogP contribution < -0.4 is 0 Å². The van der Waals surface area contributed by atoms with Crippen molar-refractivity contribution in [3.63, 3.8) is 0 Å². The zero-order valence-corrected chi connectivity index (χ0v) is 19.9. The maximum absolute atomic E-state index is 11.9. The standard InChI is InChI=1S/C25H28O10/c1-24(32-3)6-14-16(8-26)20(28)12(22(30)18(14)10-34-24)5-13-21(29)17(9-27)15-7-25(2,33-4)35-11-19(15)23(13)31/h8-9,28-31H,5-7,10-11H2,1-4H3. The zero-order chi connectivity index (χ0) is 25.7. The molecule has 2 aromatic rings. The number of aromatic hydroxyl groups is 4. The Hall–Kier alpha value is -3.18. The van der Waals surface area contributed by atoms with Gasteiger partial charge in [-0.2, -0.15) is 0 Å². The molecule has 0 fully saturated rings. The number of carbonyl (C=O) groups is 2. The summed E-state index contributed by atoms with van der Waals surface area (Å²) < 4.78 is 22.1. The van der Waals surface area contributed by atoms with Crippen LogP contribution in [0.4, 0.5) is 0 Å². The van der Waals surface area contributed by atoms with Gasteiger partial charge in [-0.25, -0.2) is 0 Å². The van der Waals surface area contributed by atoms with Gasteiger partial charge in [0.15, 0.2) is 24.1 Å². The molecule has 10 nitrogen and oxygen atoms in total. The summed E-state index contributed by atoms with van der Waals surface area (Å²) in [6, 6.07) is 0. The van der Waals surface area contributed by atoms with Crippen molar-refractivity contribution in [2.75, 3.05) is 14.2 Å². The van der Waals surface area contributed by atoms with E-state index in [1.165, 1.54) is 14.2 Å². The van der Waals surface area contributed by atoms with Crippen LogP contribution in [-0.2, 0) is 51.4 Å². The summed E-state index contributed by atoms with van der Waals surface area (Å²) in [6.07, 6.45) is 0.784. The van der Waals surface area contributed by atoms with E-state index in [9.17, 15) is 30.0 Å². The molecular weight excluding hydrogens is 460 g/mol. The van der Waals surface area contributed by atoms with E-state index in [1.54, 1.807) is 13.8 Å². The third-order valence-electron chi connectivity index (χ3n) is 7.10. The Bertz CT molecular complexity index is 1130. The van der Waals surface area contributed by atoms with Crippen LogP contribution in [0.25, 0.3) is 0 Å². The van der Waals surface area contributed by atoms with E-state index >= 15 is 0 Å². The molecule has 4 N–H and O–H groups in total. The molecule has 2 aliphatic heterocycles. The average Bonchev–Trinajstić information content (AvgIpc) is 2.84. The Labute approximate surface area is 201 Å². The van der Waals surface area contributed by atoms with Crippen LogP contribution in [0.3, 0.4) is 0 Å². The quantitative estimate of drug-likeness (QED) is 0.447. The number of ether oxygens (including phenoxy) is 4. The predicted molar refractivity (Wildman–Crippen MR) is 121 cm³/mol. The molecule has 0 aliphatic carbocycles. The molecule has 2 atom stereocenters. The lowest BCUT2D eigenvalue weighted by Crippen LogP contribution is -2.38. The fraction of sp³-hybridized carbons (Fsp3) is 0.440. The summed E-state index contributed by atoms with van der Waals surface area (Å²) in [5.74, 6) is -3.76. The summed E-state index contributed by atoms with van der Waals surface area (Å²) >= 11 is 0. The second kappa shape index (κ2) is 8.80. The first-order valence-corrected chi connectivity index (χ1v) is 11.0. The van der Waals surface area contributed by atoms with E-state index in [0.717, 1.165) is 0 Å². The van der Waals surface area contributed by atoms with Crippen LogP contribution in [0.5, 0.6) is 23.0 Å². The number of phenolic OH excluding ortho intramolecular Hbond substituents is 4. The minimum atomic E-state index is -1.05. The fourth-order valence-corrected chi connectivity index (χ4v) is 4.75. The van der Waals surface area contributed by atoms with Crippen LogP contribution in [0.2, 0.25) is 0 Å². The molecule has 0 amide bonds. The molecule has 0 aromatic heterocycles. The maximum atomic E-state index is 11.9. The van der Waals surface area contributed by atoms with Crippen molar-refractivity contribution in [3.8, 4) is 23.0 Å². The summed E-state index contributed by atoms with van der Waals surface area (Å²) in [5, 5.41) is 43.9. The van der Waals surface area contributed by atoms with Crippen LogP contribution >= 0.6 is 0 Å². The van der Waals surface area contributed by atoms with E-state index in [4.69, 9.17) is 18.9 Å². The van der Waals surface area contributed by atoms with Gasteiger partial charge in [0.05, 0.1) is 24.3 Å². The molecule has 2 aromatic carbocycles. The van der Waals surface area contributed by atoms with E-state index in [1.807, 2.05) is 0 Å². The van der Waals surface area contributed by atoms with Gasteiger partial charge in [0, 0.05) is 55.7 Å². The van der Waals surface area contributed by atoms with E-state index in [-0.39, 0.29) is 66.2 Å². The smallest absolute Gasteiger partial charge is 0.169 e. The van der Waals surface area contributed by atoms with E-state index in [2.05, 4.69) is 0 Å². The van der Waals surface area contributed by atoms with Crippen molar-refractivity contribution in [2.24, 2.45) is 0 Å². The lowest BCUT2D eigenvalue weighted by molar-refractivity contribution is -0.223. The molecule has 0 saturated carbocycles. The molecule has 4 rings (SSSR count). The van der Waals surface area contributed by atoms with Crippen LogP contribution in [0.15, 0.2) is 0 Å². The number of phenols is 4. The average molecular weight is 488 g/mol. The van der Waals surface area contributed by atoms with Crippen molar-refractivity contribution < 1.29 is 49.0 Å². The topological polar surface area (TPSA) is 152 Å². The van der Waals surface area contributed by atoms with Crippen molar-refractivity contribution in [3.05, 3.63) is 44.5 Å². The number of hydrogen-bond acceptors (Lipinski definition) is 10. The number of methoxy groups -OCH3 is 2. The summed E-state index contributed by atoms with van der Waals surface area (Å²) in [7, 11) is 2.90. The number of benzene rings is 2. The van der Waals surface area contributed by atoms with Crippen molar-refractivity contribution >= 4 is 12.6 Å². The Morgan fingerprint density at radius 3 is 1.40 bits per heavy atom. The van der Waals surface area contributed by atoms with Crippen molar-refractivity contribution in [2.45, 2.75) is 57.9 Å². The van der Waals surface area contributed by atoms with Crippen molar-refractivity contribution in [1.82, 2.24) is 0 Å². The fourth-order valence-electron chi connectivity index (χ4n) is 4.75. The molecule has 188 valence electrons. The van der Waals surface area contributed by atoms with Gasteiger partial charge >= 0.3 is 0 Å². The molecule has 2 heterocycles. The predicted octanol–water partition coefficient (Wildman–Crippen LogP) is 2.60. The van der Waals surface area contributed by atoms with Gasteiger partial charge in [-0.15, -0.1) is 0 Å². The molecule has 0 spiro atoms. The van der Waals surface area contributed by atoms with Gasteiger partial charge in [-0.3, -0.25) is 9.59 Å². The normalized spacial score (nSPS) is 23.4. The van der Waals surface area contributed by atoms with Crippen LogP contribution in [0.1, 0.15) is 67.9 Å². The number of fused-ring (bicyclic) bond motifs is 2. The Morgan fingerprint density at radius 1 is 0.714 bits per heavy atom. The van der Waals surface area contributed by atoms with E-state index in [0.29, 0.717) is 34.8 Å². The van der Waals surface area contributed by atoms with Crippen LogP contribution in [0, 0.1) is 0 Å². The molecule has 0 bridgehead atoms. The summed E-state index contributed by atoms with van der Waals surface area (Å²) in [4.78, 5) is 23.9. The highest BCUT2D eigenvalue weighted by Gasteiger charge is 2.38. The highest BCUT2D eigenvalue weighted by atomic mass is 16.7. The van der Waals surface area contributed by atoms with Crippen LogP contribution in [-0.4, -0.2) is 58.8 Å². The van der Waals surface area contributed by atoms with Gasteiger partial charge in [-0.1, -0.05) is 0 Å². The minimum absolute atomic E-state index is 0.0499. The summed E-state index contributed by atoms with van der Waals surface area (Å²) in [5.41, 5.74) is 1.05. The third-order valence-corrected chi connectivity index (χ3v) is 7.10. The molecule has 10 heteroatoms. The maximum Gasteiger partial charge on any atom is 0.169 e. The lowest BCUT2D eigenvalue weighted by atomic mass is 9.85. The van der Waals surface area contributed by atoms with Gasteiger partial charge in [-0.05, 0) is 25.0 Å². The first-order valence-electron chi connectivity index (χ1n) is 11.0. The molecule has 2 aliphatic rings. The Balaban J connectivity index is 1.87. The molecule has 0 radical (unpaired) electrons. The van der Waals surface area contributed by atoms with Gasteiger partial charge < -0.3 is 39.4 Å². The number of hydrogen-bond donors (Lipinski definition) is 4. The van der Waals surface area contributed by atoms with Gasteiger partial charge in [0.25, 0.3) is 0 Å².